The predicted molar refractivity (Wildman–Crippen MR) is 74.0 cm³/mol. The molecule has 0 aromatic carbocycles. The average Bonchev–Trinajstić information content (AvgIpc) is 2.79. The van der Waals surface area contributed by atoms with E-state index in [0.29, 0.717) is 5.88 Å². The lowest BCUT2D eigenvalue weighted by molar-refractivity contribution is 0.155. The number of hydrogen-bond acceptors (Lipinski definition) is 2. The molecule has 0 unspecified atom stereocenters. The van der Waals surface area contributed by atoms with E-state index in [1.807, 2.05) is 13.0 Å². The van der Waals surface area contributed by atoms with Gasteiger partial charge in [-0.2, -0.15) is 0 Å². The molecule has 0 saturated heterocycles. The number of thiophene rings is 1. The minimum atomic E-state index is -2.42. The van der Waals surface area contributed by atoms with Gasteiger partial charge in [-0.25, -0.2) is 8.78 Å². The highest BCUT2D eigenvalue weighted by Crippen LogP contribution is 2.33. The zero-order valence-corrected chi connectivity index (χ0v) is 11.9. The molecule has 18 heavy (non-hydrogen) atoms. The molecule has 0 atom stereocenters. The molecule has 98 valence electrons. The molecule has 2 aromatic heterocycles. The van der Waals surface area contributed by atoms with Crippen LogP contribution in [0, 0.1) is 6.92 Å². The fourth-order valence-corrected chi connectivity index (χ4v) is 2.59. The quantitative estimate of drug-likeness (QED) is 0.709. The van der Waals surface area contributed by atoms with Gasteiger partial charge in [-0.1, -0.05) is 0 Å². The summed E-state index contributed by atoms with van der Waals surface area (Å²) in [5, 5.41) is 0. The molecule has 0 amide bonds. The Morgan fingerprint density at radius 2 is 2.11 bits per heavy atom. The van der Waals surface area contributed by atoms with Crippen LogP contribution in [0.5, 0.6) is 0 Å². The molecule has 0 N–H and O–H groups in total. The Morgan fingerprint density at radius 1 is 1.39 bits per heavy atom. The van der Waals surface area contributed by atoms with Crippen molar-refractivity contribution in [2.24, 2.45) is 0 Å². The number of alkyl halides is 3. The van der Waals surface area contributed by atoms with E-state index in [0.717, 1.165) is 33.0 Å². The lowest BCUT2D eigenvalue weighted by Gasteiger charge is -2.03. The second-order valence-electron chi connectivity index (χ2n) is 3.60. The Bertz CT molecular complexity index is 529. The van der Waals surface area contributed by atoms with Crippen molar-refractivity contribution in [2.45, 2.75) is 19.2 Å². The number of pyridine rings is 1. The maximum Gasteiger partial charge on any atom is 0.272 e. The van der Waals surface area contributed by atoms with Crippen LogP contribution in [0.15, 0.2) is 24.4 Å². The maximum atomic E-state index is 12.5. The topological polar surface area (TPSA) is 12.9 Å². The summed E-state index contributed by atoms with van der Waals surface area (Å²) < 4.78 is 25.0. The van der Waals surface area contributed by atoms with Crippen LogP contribution in [0.25, 0.3) is 10.4 Å². The van der Waals surface area contributed by atoms with Crippen LogP contribution >= 0.6 is 35.3 Å². The van der Waals surface area contributed by atoms with E-state index in [1.54, 1.807) is 12.3 Å². The summed E-state index contributed by atoms with van der Waals surface area (Å²) in [6.45, 7) is 1.88. The number of rotatable bonds is 3. The van der Waals surface area contributed by atoms with Crippen LogP contribution in [-0.4, -0.2) is 4.98 Å². The Balaban J connectivity index is 0.00000162. The molecule has 2 heterocycles. The summed E-state index contributed by atoms with van der Waals surface area (Å²) in [5.74, 6) is 0.375. The Labute approximate surface area is 119 Å². The smallest absolute Gasteiger partial charge is 0.261 e. The second kappa shape index (κ2) is 6.45. The van der Waals surface area contributed by atoms with Gasteiger partial charge >= 0.3 is 0 Å². The molecule has 0 aliphatic rings. The van der Waals surface area contributed by atoms with Gasteiger partial charge in [0.15, 0.2) is 0 Å². The summed E-state index contributed by atoms with van der Waals surface area (Å²) in [4.78, 5) is 5.08. The molecule has 2 aromatic rings. The van der Waals surface area contributed by atoms with Crippen LogP contribution in [0.1, 0.15) is 22.6 Å². The first-order valence-corrected chi connectivity index (χ1v) is 6.36. The van der Waals surface area contributed by atoms with E-state index >= 15 is 0 Å². The van der Waals surface area contributed by atoms with Crippen LogP contribution in [0.4, 0.5) is 8.78 Å². The maximum absolute atomic E-state index is 12.5. The third-order valence-corrected chi connectivity index (χ3v) is 3.89. The molecule has 6 heteroatoms. The van der Waals surface area contributed by atoms with Crippen LogP contribution in [-0.2, 0) is 5.88 Å². The molecular formula is C12H11Cl2F2NS. The lowest BCUT2D eigenvalue weighted by Crippen LogP contribution is -1.89. The van der Waals surface area contributed by atoms with Crippen molar-refractivity contribution in [2.75, 3.05) is 0 Å². The zero-order chi connectivity index (χ0) is 12.4. The summed E-state index contributed by atoms with van der Waals surface area (Å²) in [7, 11) is 0. The lowest BCUT2D eigenvalue weighted by atomic mass is 10.1. The van der Waals surface area contributed by atoms with Gasteiger partial charge in [-0.3, -0.25) is 4.98 Å². The molecule has 1 nitrogen and oxygen atoms in total. The highest BCUT2D eigenvalue weighted by Gasteiger charge is 2.12. The van der Waals surface area contributed by atoms with E-state index in [1.165, 1.54) is 6.07 Å². The first-order chi connectivity index (χ1) is 8.11. The highest BCUT2D eigenvalue weighted by molar-refractivity contribution is 7.15. The van der Waals surface area contributed by atoms with Crippen molar-refractivity contribution < 1.29 is 8.78 Å². The number of nitrogens with zero attached hydrogens (tertiary/aromatic N) is 1. The van der Waals surface area contributed by atoms with Crippen molar-refractivity contribution in [3.05, 3.63) is 40.5 Å². The molecule has 0 spiro atoms. The standard InChI is InChI=1S/C12H10ClF2NS.ClH/c1-7-8(5-13)4-9(6-16-7)10-2-3-11(17-10)12(14)15;/h2-4,6,12H,5H2,1H3;1H. The minimum Gasteiger partial charge on any atom is -0.261 e. The van der Waals surface area contributed by atoms with Gasteiger partial charge in [0.1, 0.15) is 0 Å². The number of aromatic nitrogens is 1. The first-order valence-electron chi connectivity index (χ1n) is 5.01. The summed E-state index contributed by atoms with van der Waals surface area (Å²) in [5.41, 5.74) is 2.63. The van der Waals surface area contributed by atoms with Crippen LogP contribution in [0.2, 0.25) is 0 Å². The summed E-state index contributed by atoms with van der Waals surface area (Å²) >= 11 is 6.88. The number of halogens is 4. The van der Waals surface area contributed by atoms with Crippen molar-refractivity contribution in [3.63, 3.8) is 0 Å². The van der Waals surface area contributed by atoms with E-state index in [-0.39, 0.29) is 17.3 Å². The fraction of sp³-hybridized carbons (Fsp3) is 0.250. The van der Waals surface area contributed by atoms with Gasteiger partial charge in [0.2, 0.25) is 0 Å². The normalized spacial score (nSPS) is 10.5. The fourth-order valence-electron chi connectivity index (χ4n) is 1.47. The molecule has 0 aliphatic carbocycles. The van der Waals surface area contributed by atoms with Gasteiger partial charge in [-0.05, 0) is 30.7 Å². The number of aryl methyl sites for hydroxylation is 1. The van der Waals surface area contributed by atoms with E-state index in [9.17, 15) is 8.78 Å². The Kier molecular flexibility index (Phi) is 5.50. The third-order valence-electron chi connectivity index (χ3n) is 2.46. The van der Waals surface area contributed by atoms with Gasteiger partial charge in [0, 0.05) is 28.2 Å². The molecule has 0 radical (unpaired) electrons. The Hall–Kier alpha value is -0.710. The molecule has 0 aliphatic heterocycles. The second-order valence-corrected chi connectivity index (χ2v) is 4.99. The van der Waals surface area contributed by atoms with Crippen LogP contribution in [0.3, 0.4) is 0 Å². The summed E-state index contributed by atoms with van der Waals surface area (Å²) in [6.07, 6.45) is -0.730. The van der Waals surface area contributed by atoms with Crippen molar-refractivity contribution >= 4 is 35.3 Å². The Morgan fingerprint density at radius 3 is 2.67 bits per heavy atom. The molecule has 2 rings (SSSR count). The largest absolute Gasteiger partial charge is 0.272 e. The van der Waals surface area contributed by atoms with Crippen molar-refractivity contribution in [1.82, 2.24) is 4.98 Å². The highest BCUT2D eigenvalue weighted by atomic mass is 35.5. The minimum absolute atomic E-state index is 0. The SMILES string of the molecule is Cc1ncc(-c2ccc(C(F)F)s2)cc1CCl.Cl. The van der Waals surface area contributed by atoms with E-state index in [4.69, 9.17) is 11.6 Å². The number of hydrogen-bond donors (Lipinski definition) is 0. The zero-order valence-electron chi connectivity index (χ0n) is 9.49. The molecule has 0 bridgehead atoms. The monoisotopic (exact) mass is 309 g/mol. The summed E-state index contributed by atoms with van der Waals surface area (Å²) in [6, 6.07) is 5.04. The third kappa shape index (κ3) is 3.19. The molecular weight excluding hydrogens is 299 g/mol. The van der Waals surface area contributed by atoms with Gasteiger partial charge < -0.3 is 0 Å². The molecule has 0 fully saturated rings. The first kappa shape index (κ1) is 15.3. The van der Waals surface area contributed by atoms with E-state index < -0.39 is 6.43 Å². The predicted octanol–water partition coefficient (Wildman–Crippen LogP) is 5.22. The average molecular weight is 310 g/mol. The van der Waals surface area contributed by atoms with Gasteiger partial charge in [0.25, 0.3) is 6.43 Å². The van der Waals surface area contributed by atoms with E-state index in [2.05, 4.69) is 4.98 Å². The molecule has 0 saturated carbocycles. The van der Waals surface area contributed by atoms with Crippen molar-refractivity contribution in [3.8, 4) is 10.4 Å². The van der Waals surface area contributed by atoms with Gasteiger partial charge in [-0.15, -0.1) is 35.3 Å². The van der Waals surface area contributed by atoms with Crippen LogP contribution < -0.4 is 0 Å². The van der Waals surface area contributed by atoms with Crippen molar-refractivity contribution in [1.29, 1.82) is 0 Å². The van der Waals surface area contributed by atoms with Gasteiger partial charge in [0.05, 0.1) is 4.88 Å².